The van der Waals surface area contributed by atoms with Crippen molar-refractivity contribution in [3.63, 3.8) is 0 Å². The van der Waals surface area contributed by atoms with Crippen molar-refractivity contribution in [3.8, 4) is 0 Å². The highest BCUT2D eigenvalue weighted by Crippen LogP contribution is 2.16. The van der Waals surface area contributed by atoms with Gasteiger partial charge < -0.3 is 10.6 Å². The Morgan fingerprint density at radius 1 is 1.11 bits per heavy atom. The van der Waals surface area contributed by atoms with E-state index in [2.05, 4.69) is 61.3 Å². The number of benzene rings is 2. The number of hydrogen-bond donors (Lipinski definition) is 1. The van der Waals surface area contributed by atoms with E-state index < -0.39 is 0 Å². The van der Waals surface area contributed by atoms with Crippen LogP contribution in [0.4, 0.5) is 0 Å². The van der Waals surface area contributed by atoms with E-state index in [0.717, 1.165) is 19.6 Å². The molecule has 2 aromatic carbocycles. The van der Waals surface area contributed by atoms with Gasteiger partial charge in [-0.05, 0) is 41.9 Å². The average Bonchev–Trinajstić information content (AvgIpc) is 2.38. The van der Waals surface area contributed by atoms with Gasteiger partial charge in [0.15, 0.2) is 0 Å². The maximum atomic E-state index is 5.66. The largest absolute Gasteiger partial charge is 0.330 e. The number of nitrogens with two attached hydrogens (primary N) is 1. The van der Waals surface area contributed by atoms with Crippen LogP contribution in [-0.4, -0.2) is 25.0 Å². The van der Waals surface area contributed by atoms with Crippen LogP contribution >= 0.6 is 0 Å². The van der Waals surface area contributed by atoms with E-state index in [1.54, 1.807) is 0 Å². The molecule has 0 aliphatic rings. The summed E-state index contributed by atoms with van der Waals surface area (Å²) in [6, 6.07) is 15.2. The molecule has 0 saturated heterocycles. The molecular weight excluding hydrogens is 220 g/mol. The van der Waals surface area contributed by atoms with E-state index in [0.29, 0.717) is 5.92 Å². The maximum absolute atomic E-state index is 5.66. The highest BCUT2D eigenvalue weighted by Gasteiger charge is 2.05. The Kier molecular flexibility index (Phi) is 4.34. The number of hydrogen-bond acceptors (Lipinski definition) is 2. The highest BCUT2D eigenvalue weighted by atomic mass is 15.1. The first-order chi connectivity index (χ1) is 8.69. The normalized spacial score (nSPS) is 13.1. The van der Waals surface area contributed by atoms with Gasteiger partial charge in [0, 0.05) is 13.1 Å². The van der Waals surface area contributed by atoms with Crippen molar-refractivity contribution in [2.24, 2.45) is 11.7 Å². The molecule has 0 bridgehead atoms. The lowest BCUT2D eigenvalue weighted by Crippen LogP contribution is -2.28. The molecule has 18 heavy (non-hydrogen) atoms. The van der Waals surface area contributed by atoms with Gasteiger partial charge in [-0.3, -0.25) is 0 Å². The van der Waals surface area contributed by atoms with E-state index in [4.69, 9.17) is 5.73 Å². The maximum Gasteiger partial charge on any atom is 0.0231 e. The number of rotatable bonds is 5. The summed E-state index contributed by atoms with van der Waals surface area (Å²) in [4.78, 5) is 2.33. The van der Waals surface area contributed by atoms with Crippen molar-refractivity contribution >= 4 is 10.8 Å². The molecule has 2 aromatic rings. The molecule has 1 unspecified atom stereocenters. The summed E-state index contributed by atoms with van der Waals surface area (Å²) in [6.07, 6.45) is 0. The van der Waals surface area contributed by atoms with E-state index in [9.17, 15) is 0 Å². The van der Waals surface area contributed by atoms with Crippen molar-refractivity contribution in [1.29, 1.82) is 0 Å². The quantitative estimate of drug-likeness (QED) is 0.873. The molecule has 0 saturated carbocycles. The Balaban J connectivity index is 2.07. The van der Waals surface area contributed by atoms with Crippen molar-refractivity contribution in [2.45, 2.75) is 13.5 Å². The zero-order chi connectivity index (χ0) is 13.0. The standard InChI is InChI=1S/C16H22N2/c1-13(10-17)11-18(2)12-14-7-8-15-5-3-4-6-16(15)9-14/h3-9,13H,10-12,17H2,1-2H3. The summed E-state index contributed by atoms with van der Waals surface area (Å²) in [5, 5.41) is 2.62. The van der Waals surface area contributed by atoms with Crippen LogP contribution in [0, 0.1) is 5.92 Å². The molecule has 2 rings (SSSR count). The third kappa shape index (κ3) is 3.31. The minimum Gasteiger partial charge on any atom is -0.330 e. The highest BCUT2D eigenvalue weighted by molar-refractivity contribution is 5.82. The van der Waals surface area contributed by atoms with Crippen LogP contribution in [0.5, 0.6) is 0 Å². The van der Waals surface area contributed by atoms with Gasteiger partial charge in [-0.1, -0.05) is 43.3 Å². The second-order valence-electron chi connectivity index (χ2n) is 5.22. The topological polar surface area (TPSA) is 29.3 Å². The predicted molar refractivity (Wildman–Crippen MR) is 78.5 cm³/mol. The van der Waals surface area contributed by atoms with Gasteiger partial charge in [0.1, 0.15) is 0 Å². The van der Waals surface area contributed by atoms with E-state index in [1.807, 2.05) is 0 Å². The smallest absolute Gasteiger partial charge is 0.0231 e. The van der Waals surface area contributed by atoms with Crippen molar-refractivity contribution < 1.29 is 0 Å². The second-order valence-corrected chi connectivity index (χ2v) is 5.22. The van der Waals surface area contributed by atoms with Gasteiger partial charge in [-0.2, -0.15) is 0 Å². The van der Waals surface area contributed by atoms with Crippen LogP contribution in [0.25, 0.3) is 10.8 Å². The van der Waals surface area contributed by atoms with Gasteiger partial charge in [-0.25, -0.2) is 0 Å². The molecule has 96 valence electrons. The Bertz CT molecular complexity index is 507. The summed E-state index contributed by atoms with van der Waals surface area (Å²) < 4.78 is 0. The Morgan fingerprint density at radius 2 is 1.83 bits per heavy atom. The molecule has 1 atom stereocenters. The van der Waals surface area contributed by atoms with Crippen LogP contribution in [0.15, 0.2) is 42.5 Å². The third-order valence-electron chi connectivity index (χ3n) is 3.29. The van der Waals surface area contributed by atoms with Gasteiger partial charge in [0.25, 0.3) is 0 Å². The SMILES string of the molecule is CC(CN)CN(C)Cc1ccc2ccccc2c1. The average molecular weight is 242 g/mol. The van der Waals surface area contributed by atoms with E-state index in [1.165, 1.54) is 16.3 Å². The Labute approximate surface area is 109 Å². The zero-order valence-corrected chi connectivity index (χ0v) is 11.3. The third-order valence-corrected chi connectivity index (χ3v) is 3.29. The summed E-state index contributed by atoms with van der Waals surface area (Å²) in [5.74, 6) is 0.551. The van der Waals surface area contributed by atoms with Crippen molar-refractivity contribution in [3.05, 3.63) is 48.0 Å². The molecule has 0 amide bonds. The van der Waals surface area contributed by atoms with Gasteiger partial charge >= 0.3 is 0 Å². The zero-order valence-electron chi connectivity index (χ0n) is 11.3. The lowest BCUT2D eigenvalue weighted by molar-refractivity contribution is 0.282. The van der Waals surface area contributed by atoms with Crippen LogP contribution in [0.1, 0.15) is 12.5 Å². The van der Waals surface area contributed by atoms with Gasteiger partial charge in [0.05, 0.1) is 0 Å². The van der Waals surface area contributed by atoms with Gasteiger partial charge in [0.2, 0.25) is 0 Å². The lowest BCUT2D eigenvalue weighted by atomic mass is 10.1. The van der Waals surface area contributed by atoms with Crippen LogP contribution in [-0.2, 0) is 6.54 Å². The molecule has 2 heteroatoms. The molecule has 2 nitrogen and oxygen atoms in total. The number of fused-ring (bicyclic) bond motifs is 1. The first-order valence-corrected chi connectivity index (χ1v) is 6.55. The van der Waals surface area contributed by atoms with Crippen molar-refractivity contribution in [2.75, 3.05) is 20.1 Å². The van der Waals surface area contributed by atoms with Crippen LogP contribution < -0.4 is 5.73 Å². The Hall–Kier alpha value is -1.38. The monoisotopic (exact) mass is 242 g/mol. The second kappa shape index (κ2) is 5.98. The molecule has 0 heterocycles. The first-order valence-electron chi connectivity index (χ1n) is 6.55. The fourth-order valence-electron chi connectivity index (χ4n) is 2.32. The molecule has 0 aliphatic heterocycles. The van der Waals surface area contributed by atoms with Crippen molar-refractivity contribution in [1.82, 2.24) is 4.90 Å². The van der Waals surface area contributed by atoms with Crippen LogP contribution in [0.2, 0.25) is 0 Å². The molecule has 0 aliphatic carbocycles. The minimum absolute atomic E-state index is 0.551. The molecular formula is C16H22N2. The van der Waals surface area contributed by atoms with Gasteiger partial charge in [-0.15, -0.1) is 0 Å². The molecule has 0 radical (unpaired) electrons. The summed E-state index contributed by atoms with van der Waals surface area (Å²) in [6.45, 7) is 4.97. The number of nitrogens with zero attached hydrogens (tertiary/aromatic N) is 1. The first kappa shape index (κ1) is 13.1. The van der Waals surface area contributed by atoms with E-state index in [-0.39, 0.29) is 0 Å². The van der Waals surface area contributed by atoms with Crippen LogP contribution in [0.3, 0.4) is 0 Å². The fraction of sp³-hybridized carbons (Fsp3) is 0.375. The summed E-state index contributed by atoms with van der Waals surface area (Å²) >= 11 is 0. The van der Waals surface area contributed by atoms with E-state index >= 15 is 0 Å². The summed E-state index contributed by atoms with van der Waals surface area (Å²) in [5.41, 5.74) is 7.02. The molecule has 0 fully saturated rings. The Morgan fingerprint density at radius 3 is 2.56 bits per heavy atom. The fourth-order valence-corrected chi connectivity index (χ4v) is 2.32. The molecule has 0 spiro atoms. The minimum atomic E-state index is 0.551. The molecule has 0 aromatic heterocycles. The molecule has 2 N–H and O–H groups in total. The lowest BCUT2D eigenvalue weighted by Gasteiger charge is -2.20. The summed E-state index contributed by atoms with van der Waals surface area (Å²) in [7, 11) is 2.15. The predicted octanol–water partition coefficient (Wildman–Crippen LogP) is 2.87.